The number of halogens is 10. The van der Waals surface area contributed by atoms with Gasteiger partial charge in [-0.3, -0.25) is 9.98 Å². The molecule has 4 nitrogen and oxygen atoms in total. The number of fused-ring (bicyclic) bond motifs is 6. The highest BCUT2D eigenvalue weighted by Gasteiger charge is 2.42. The zero-order valence-corrected chi connectivity index (χ0v) is 31.1. The van der Waals surface area contributed by atoms with Crippen molar-refractivity contribution in [2.75, 3.05) is 0 Å². The van der Waals surface area contributed by atoms with E-state index in [1.54, 1.807) is 74.5 Å². The minimum absolute atomic E-state index is 0.109. The SMILES string of the molecule is CC1(c2ccccc2)C2=N/C(=C(/c3c(F)c(F)c(F)c(F)c3F)c3ccc([nH]3)C(C)(c3ccccc3)c3ccc([nH]3)/C(c3c(F)c(F)c(F)c(F)c3F)=C3/C=CC1=N3)C=C2. The molecule has 2 aromatic heterocycles. The Labute approximate surface area is 334 Å². The van der Waals surface area contributed by atoms with Gasteiger partial charge in [0.25, 0.3) is 0 Å². The highest BCUT2D eigenvalue weighted by atomic mass is 19.2. The van der Waals surface area contributed by atoms with Gasteiger partial charge in [-0.2, -0.15) is 0 Å². The predicted molar refractivity (Wildman–Crippen MR) is 205 cm³/mol. The van der Waals surface area contributed by atoms with Crippen LogP contribution in [0.5, 0.6) is 0 Å². The van der Waals surface area contributed by atoms with Crippen molar-refractivity contribution in [2.45, 2.75) is 24.7 Å². The van der Waals surface area contributed by atoms with Crippen LogP contribution in [0.3, 0.4) is 0 Å². The van der Waals surface area contributed by atoms with Crippen molar-refractivity contribution < 1.29 is 43.9 Å². The Kier molecular flexibility index (Phi) is 8.88. The van der Waals surface area contributed by atoms with E-state index in [4.69, 9.17) is 9.98 Å². The number of benzene rings is 4. The molecule has 6 aromatic rings. The van der Waals surface area contributed by atoms with Gasteiger partial charge in [0.05, 0.1) is 44.8 Å². The number of hydrogen-bond donors (Lipinski definition) is 2. The van der Waals surface area contributed by atoms with Crippen molar-refractivity contribution >= 4 is 22.6 Å². The first-order valence-electron chi connectivity index (χ1n) is 18.2. The Morgan fingerprint density at radius 2 is 0.717 bits per heavy atom. The van der Waals surface area contributed by atoms with Crippen LogP contribution >= 0.6 is 0 Å². The number of rotatable bonds is 4. The summed E-state index contributed by atoms with van der Waals surface area (Å²) in [6, 6.07) is 22.9. The second-order valence-electron chi connectivity index (χ2n) is 14.6. The average molecular weight is 825 g/mol. The second kappa shape index (κ2) is 13.8. The fraction of sp³-hybridized carbons (Fsp3) is 0.0870. The lowest BCUT2D eigenvalue weighted by molar-refractivity contribution is 0.376. The highest BCUT2D eigenvalue weighted by molar-refractivity contribution is 6.26. The third-order valence-electron chi connectivity index (χ3n) is 11.4. The molecule has 2 N–H and O–H groups in total. The summed E-state index contributed by atoms with van der Waals surface area (Å²) in [7, 11) is 0. The van der Waals surface area contributed by atoms with E-state index < -0.39 is 91.3 Å². The first kappa shape index (κ1) is 38.6. The fourth-order valence-corrected chi connectivity index (χ4v) is 8.10. The minimum atomic E-state index is -2.35. The fourth-order valence-electron chi connectivity index (χ4n) is 8.10. The first-order valence-corrected chi connectivity index (χ1v) is 18.2. The predicted octanol–water partition coefficient (Wildman–Crippen LogP) is 11.6. The molecule has 0 aliphatic carbocycles. The standard InChI is InChI=1S/C46H26F10N4/c1-45(21-9-5-3-6-10-21)27-17-13-23(57-27)31(33-35(47)39(51)43(55)40(52)36(33)48)25-15-19-29(59-25)46(2,22-11-7-4-8-12-22)30-20-16-26(60-30)32(24-14-18-28(45)58-24)34-37(49)41(53)44(56)42(54)38(34)50/h3-20,57-58H,1-2H3/b31-25+,32-26+. The molecule has 0 unspecified atom stereocenters. The van der Waals surface area contributed by atoms with E-state index in [1.165, 1.54) is 48.6 Å². The van der Waals surface area contributed by atoms with Crippen LogP contribution in [-0.4, -0.2) is 21.4 Å². The monoisotopic (exact) mass is 824 g/mol. The lowest BCUT2D eigenvalue weighted by Gasteiger charge is -2.30. The molecular formula is C46H26F10N4. The number of aliphatic imine (C=N–C) groups is 2. The van der Waals surface area contributed by atoms with Crippen LogP contribution in [0, 0.1) is 58.2 Å². The number of allylic oxidation sites excluding steroid dienone is 4. The maximum atomic E-state index is 15.9. The third-order valence-corrected chi connectivity index (χ3v) is 11.4. The molecule has 14 heteroatoms. The van der Waals surface area contributed by atoms with Crippen molar-refractivity contribution in [1.29, 1.82) is 0 Å². The number of H-pyrrole nitrogens is 2. The van der Waals surface area contributed by atoms with Crippen molar-refractivity contribution in [3.05, 3.63) is 224 Å². The molecule has 8 bridgehead atoms. The summed E-state index contributed by atoms with van der Waals surface area (Å²) in [4.78, 5) is 15.8. The summed E-state index contributed by atoms with van der Waals surface area (Å²) in [6.45, 7) is 3.36. The van der Waals surface area contributed by atoms with Gasteiger partial charge in [0.15, 0.2) is 46.5 Å². The molecule has 5 heterocycles. The van der Waals surface area contributed by atoms with Crippen molar-refractivity contribution in [2.24, 2.45) is 9.98 Å². The molecule has 60 heavy (non-hydrogen) atoms. The summed E-state index contributed by atoms with van der Waals surface area (Å²) in [5, 5.41) is 0. The van der Waals surface area contributed by atoms with E-state index in [0.29, 0.717) is 11.1 Å². The Bertz CT molecular complexity index is 2790. The highest BCUT2D eigenvalue weighted by Crippen LogP contribution is 2.45. The molecule has 0 atom stereocenters. The summed E-state index contributed by atoms with van der Waals surface area (Å²) < 4.78 is 153. The zero-order valence-electron chi connectivity index (χ0n) is 31.1. The van der Waals surface area contributed by atoms with Crippen LogP contribution in [0.25, 0.3) is 11.1 Å². The number of aromatic nitrogens is 2. The van der Waals surface area contributed by atoms with Gasteiger partial charge in [-0.05, 0) is 73.5 Å². The quantitative estimate of drug-likeness (QED) is 0.101. The number of nitrogens with one attached hydrogen (secondary N) is 2. The Balaban J connectivity index is 1.43. The largest absolute Gasteiger partial charge is 0.357 e. The zero-order chi connectivity index (χ0) is 42.4. The van der Waals surface area contributed by atoms with E-state index >= 15 is 35.1 Å². The first-order chi connectivity index (χ1) is 28.7. The second-order valence-corrected chi connectivity index (χ2v) is 14.6. The molecule has 0 fully saturated rings. The molecule has 3 aliphatic rings. The Hall–Kier alpha value is -6.96. The van der Waals surface area contributed by atoms with E-state index in [0.717, 1.165) is 0 Å². The van der Waals surface area contributed by atoms with E-state index in [1.807, 2.05) is 0 Å². The molecule has 300 valence electrons. The summed E-state index contributed by atoms with van der Waals surface area (Å²) in [5.74, 6) is -21.7. The molecule has 9 rings (SSSR count). The van der Waals surface area contributed by atoms with Crippen molar-refractivity contribution in [1.82, 2.24) is 9.97 Å². The van der Waals surface area contributed by atoms with Gasteiger partial charge in [0.2, 0.25) is 11.6 Å². The summed E-state index contributed by atoms with van der Waals surface area (Å²) >= 11 is 0. The maximum Gasteiger partial charge on any atom is 0.200 e. The molecule has 0 saturated carbocycles. The van der Waals surface area contributed by atoms with Gasteiger partial charge >= 0.3 is 0 Å². The van der Waals surface area contributed by atoms with Crippen molar-refractivity contribution in [3.8, 4) is 0 Å². The number of nitrogens with zero attached hydrogens (tertiary/aromatic N) is 2. The van der Waals surface area contributed by atoms with Gasteiger partial charge in [-0.25, -0.2) is 43.9 Å². The van der Waals surface area contributed by atoms with Crippen LogP contribution in [0.1, 0.15) is 58.9 Å². The third kappa shape index (κ3) is 5.46. The van der Waals surface area contributed by atoms with Crippen LogP contribution in [0.2, 0.25) is 0 Å². The molecule has 4 aromatic carbocycles. The van der Waals surface area contributed by atoms with E-state index in [-0.39, 0.29) is 45.6 Å². The Morgan fingerprint density at radius 1 is 0.383 bits per heavy atom. The van der Waals surface area contributed by atoms with Gasteiger partial charge in [-0.15, -0.1) is 0 Å². The molecular weight excluding hydrogens is 799 g/mol. The smallest absolute Gasteiger partial charge is 0.200 e. The lowest BCUT2D eigenvalue weighted by Crippen LogP contribution is -2.38. The average Bonchev–Trinajstić information content (AvgIpc) is 4.12. The van der Waals surface area contributed by atoms with Crippen LogP contribution in [0.15, 0.2) is 131 Å². The molecule has 0 radical (unpaired) electrons. The van der Waals surface area contributed by atoms with Gasteiger partial charge < -0.3 is 9.97 Å². The maximum absolute atomic E-state index is 15.9. The van der Waals surface area contributed by atoms with Gasteiger partial charge in [-0.1, -0.05) is 60.7 Å². The number of aromatic amines is 2. The van der Waals surface area contributed by atoms with Crippen LogP contribution in [0.4, 0.5) is 43.9 Å². The van der Waals surface area contributed by atoms with E-state index in [2.05, 4.69) is 9.97 Å². The van der Waals surface area contributed by atoms with Crippen LogP contribution in [-0.2, 0) is 10.8 Å². The molecule has 0 saturated heterocycles. The Morgan fingerprint density at radius 3 is 1.08 bits per heavy atom. The number of hydrogen-bond acceptors (Lipinski definition) is 2. The normalized spacial score (nSPS) is 22.1. The molecule has 0 spiro atoms. The van der Waals surface area contributed by atoms with Crippen molar-refractivity contribution in [3.63, 3.8) is 0 Å². The van der Waals surface area contributed by atoms with Gasteiger partial charge in [0.1, 0.15) is 0 Å². The lowest BCUT2D eigenvalue weighted by atomic mass is 9.74. The molecule has 0 amide bonds. The summed E-state index contributed by atoms with van der Waals surface area (Å²) in [6.07, 6.45) is 5.60. The molecule has 3 aliphatic heterocycles. The summed E-state index contributed by atoms with van der Waals surface area (Å²) in [5.41, 5.74) is -4.94. The minimum Gasteiger partial charge on any atom is -0.357 e. The van der Waals surface area contributed by atoms with Gasteiger partial charge in [0, 0.05) is 33.9 Å². The van der Waals surface area contributed by atoms with Crippen LogP contribution < -0.4 is 0 Å². The topological polar surface area (TPSA) is 56.3 Å². The van der Waals surface area contributed by atoms with E-state index in [9.17, 15) is 8.78 Å².